The third kappa shape index (κ3) is 7.17. The first-order chi connectivity index (χ1) is 14.3. The van der Waals surface area contributed by atoms with Crippen LogP contribution in [-0.4, -0.2) is 34.6 Å². The maximum atomic E-state index is 13.8. The topological polar surface area (TPSA) is 49.4 Å². The lowest BCUT2D eigenvalue weighted by atomic mass is 10.1. The number of rotatable bonds is 10. The first-order valence-electron chi connectivity index (χ1n) is 10.3. The molecule has 4 nitrogen and oxygen atoms in total. The van der Waals surface area contributed by atoms with E-state index in [1.54, 1.807) is 30.0 Å². The van der Waals surface area contributed by atoms with Gasteiger partial charge < -0.3 is 10.2 Å². The summed E-state index contributed by atoms with van der Waals surface area (Å²) in [4.78, 5) is 27.3. The molecule has 0 saturated carbocycles. The molecule has 0 saturated heterocycles. The van der Waals surface area contributed by atoms with Gasteiger partial charge in [-0.25, -0.2) is 4.39 Å². The third-order valence-electron chi connectivity index (χ3n) is 5.08. The van der Waals surface area contributed by atoms with E-state index in [9.17, 15) is 14.0 Å². The quantitative estimate of drug-likeness (QED) is 0.594. The summed E-state index contributed by atoms with van der Waals surface area (Å²) in [5.41, 5.74) is 2.68. The van der Waals surface area contributed by atoms with E-state index >= 15 is 0 Å². The highest BCUT2D eigenvalue weighted by Crippen LogP contribution is 2.18. The Hall–Kier alpha value is -2.34. The van der Waals surface area contributed by atoms with Crippen molar-refractivity contribution in [3.05, 3.63) is 71.0 Å². The van der Waals surface area contributed by atoms with Gasteiger partial charge in [0.1, 0.15) is 11.9 Å². The molecule has 2 atom stereocenters. The Labute approximate surface area is 183 Å². The first kappa shape index (κ1) is 23.9. The van der Waals surface area contributed by atoms with Gasteiger partial charge in [-0.3, -0.25) is 9.59 Å². The van der Waals surface area contributed by atoms with Crippen molar-refractivity contribution in [2.45, 2.75) is 58.5 Å². The predicted molar refractivity (Wildman–Crippen MR) is 122 cm³/mol. The van der Waals surface area contributed by atoms with Crippen LogP contribution in [0.1, 0.15) is 43.9 Å². The van der Waals surface area contributed by atoms with E-state index in [-0.39, 0.29) is 29.4 Å². The molecule has 1 N–H and O–H groups in total. The molecular weight excluding hydrogens is 399 g/mol. The van der Waals surface area contributed by atoms with Crippen LogP contribution in [0.2, 0.25) is 0 Å². The largest absolute Gasteiger partial charge is 0.352 e. The fourth-order valence-electron chi connectivity index (χ4n) is 2.88. The Kier molecular flexibility index (Phi) is 9.37. The molecule has 2 aromatic rings. The van der Waals surface area contributed by atoms with Gasteiger partial charge in [-0.2, -0.15) is 0 Å². The summed E-state index contributed by atoms with van der Waals surface area (Å²) in [7, 11) is 0. The average molecular weight is 431 g/mol. The number of benzene rings is 2. The van der Waals surface area contributed by atoms with Crippen LogP contribution in [0.5, 0.6) is 0 Å². The maximum Gasteiger partial charge on any atom is 0.242 e. The van der Waals surface area contributed by atoms with Crippen LogP contribution in [0, 0.1) is 12.7 Å². The molecule has 6 heteroatoms. The van der Waals surface area contributed by atoms with Crippen LogP contribution in [0.25, 0.3) is 0 Å². The number of nitrogens with zero attached hydrogens (tertiary/aromatic N) is 1. The van der Waals surface area contributed by atoms with Gasteiger partial charge in [0.25, 0.3) is 0 Å². The SMILES string of the molecule is CC[C@@H](C)NC(=O)[C@@H](C)N(Cc1ccc(C)cc1)C(=O)CSCc1ccccc1F. The van der Waals surface area contributed by atoms with Crippen molar-refractivity contribution in [1.82, 2.24) is 10.2 Å². The fraction of sp³-hybridized carbons (Fsp3) is 0.417. The molecule has 0 aliphatic heterocycles. The number of nitrogens with one attached hydrogen (secondary N) is 1. The lowest BCUT2D eigenvalue weighted by Crippen LogP contribution is -2.50. The zero-order chi connectivity index (χ0) is 22.1. The lowest BCUT2D eigenvalue weighted by molar-refractivity contribution is -0.138. The van der Waals surface area contributed by atoms with Gasteiger partial charge in [0.05, 0.1) is 5.75 Å². The van der Waals surface area contributed by atoms with Crippen LogP contribution in [-0.2, 0) is 21.9 Å². The van der Waals surface area contributed by atoms with Crippen molar-refractivity contribution < 1.29 is 14.0 Å². The highest BCUT2D eigenvalue weighted by atomic mass is 32.2. The van der Waals surface area contributed by atoms with Gasteiger partial charge in [0.2, 0.25) is 11.8 Å². The zero-order valence-corrected chi connectivity index (χ0v) is 19.0. The van der Waals surface area contributed by atoms with Crippen molar-refractivity contribution in [3.8, 4) is 0 Å². The average Bonchev–Trinajstić information content (AvgIpc) is 2.73. The van der Waals surface area contributed by atoms with Gasteiger partial charge in [-0.15, -0.1) is 11.8 Å². The minimum atomic E-state index is -0.595. The molecule has 0 fully saturated rings. The van der Waals surface area contributed by atoms with Gasteiger partial charge >= 0.3 is 0 Å². The summed E-state index contributed by atoms with van der Waals surface area (Å²) in [6.45, 7) is 8.07. The smallest absolute Gasteiger partial charge is 0.242 e. The molecular formula is C24H31FN2O2S. The number of hydrogen-bond donors (Lipinski definition) is 1. The van der Waals surface area contributed by atoms with Gasteiger partial charge in [-0.05, 0) is 44.4 Å². The van der Waals surface area contributed by atoms with Gasteiger partial charge in [0, 0.05) is 18.3 Å². The summed E-state index contributed by atoms with van der Waals surface area (Å²) < 4.78 is 13.8. The molecule has 0 heterocycles. The standard InChI is InChI=1S/C24H31FN2O2S/c1-5-18(3)26-24(29)19(4)27(14-20-12-10-17(2)11-13-20)23(28)16-30-15-21-8-6-7-9-22(21)25/h6-13,18-19H,5,14-16H2,1-4H3,(H,26,29)/t18-,19-/m1/s1. The molecule has 2 aromatic carbocycles. The molecule has 0 aliphatic rings. The number of amides is 2. The van der Waals surface area contributed by atoms with E-state index in [1.807, 2.05) is 45.0 Å². The van der Waals surface area contributed by atoms with Crippen molar-refractivity contribution >= 4 is 23.6 Å². The lowest BCUT2D eigenvalue weighted by Gasteiger charge is -2.29. The first-order valence-corrected chi connectivity index (χ1v) is 11.4. The summed E-state index contributed by atoms with van der Waals surface area (Å²) in [5.74, 6) is 0.0219. The van der Waals surface area contributed by atoms with E-state index in [4.69, 9.17) is 0 Å². The Bertz CT molecular complexity index is 841. The van der Waals surface area contributed by atoms with Gasteiger partial charge in [0.15, 0.2) is 0 Å². The Morgan fingerprint density at radius 2 is 1.77 bits per heavy atom. The summed E-state index contributed by atoms with van der Waals surface area (Å²) in [6, 6.07) is 14.0. The molecule has 0 aromatic heterocycles. The summed E-state index contributed by atoms with van der Waals surface area (Å²) >= 11 is 1.35. The van der Waals surface area contributed by atoms with Crippen LogP contribution in [0.15, 0.2) is 48.5 Å². The Morgan fingerprint density at radius 3 is 2.40 bits per heavy atom. The van der Waals surface area contributed by atoms with Crippen molar-refractivity contribution in [2.75, 3.05) is 5.75 Å². The second-order valence-corrected chi connectivity index (χ2v) is 8.57. The number of aryl methyl sites for hydroxylation is 1. The molecule has 0 aliphatic carbocycles. The summed E-state index contributed by atoms with van der Waals surface area (Å²) in [5, 5.41) is 2.96. The zero-order valence-electron chi connectivity index (χ0n) is 18.2. The molecule has 2 rings (SSSR count). The second-order valence-electron chi connectivity index (χ2n) is 7.59. The van der Waals surface area contributed by atoms with Crippen molar-refractivity contribution in [1.29, 1.82) is 0 Å². The predicted octanol–water partition coefficient (Wildman–Crippen LogP) is 4.70. The Morgan fingerprint density at radius 1 is 1.10 bits per heavy atom. The van der Waals surface area contributed by atoms with E-state index in [2.05, 4.69) is 5.32 Å². The van der Waals surface area contributed by atoms with Crippen LogP contribution >= 0.6 is 11.8 Å². The highest BCUT2D eigenvalue weighted by molar-refractivity contribution is 7.99. The van der Waals surface area contributed by atoms with Crippen molar-refractivity contribution in [2.24, 2.45) is 0 Å². The molecule has 0 spiro atoms. The molecule has 0 bridgehead atoms. The van der Waals surface area contributed by atoms with Crippen LogP contribution < -0.4 is 5.32 Å². The maximum absolute atomic E-state index is 13.8. The van der Waals surface area contributed by atoms with E-state index in [1.165, 1.54) is 17.8 Å². The summed E-state index contributed by atoms with van der Waals surface area (Å²) in [6.07, 6.45) is 0.822. The van der Waals surface area contributed by atoms with Crippen molar-refractivity contribution in [3.63, 3.8) is 0 Å². The minimum absolute atomic E-state index is 0.0479. The minimum Gasteiger partial charge on any atom is -0.352 e. The monoisotopic (exact) mass is 430 g/mol. The molecule has 0 unspecified atom stereocenters. The molecule has 30 heavy (non-hydrogen) atoms. The number of halogens is 1. The molecule has 0 radical (unpaired) electrons. The molecule has 2 amide bonds. The van der Waals surface area contributed by atoms with E-state index in [0.29, 0.717) is 17.9 Å². The van der Waals surface area contributed by atoms with E-state index in [0.717, 1.165) is 17.5 Å². The molecule has 162 valence electrons. The highest BCUT2D eigenvalue weighted by Gasteiger charge is 2.26. The van der Waals surface area contributed by atoms with Crippen LogP contribution in [0.3, 0.4) is 0 Å². The second kappa shape index (κ2) is 11.7. The number of hydrogen-bond acceptors (Lipinski definition) is 3. The number of carbonyl (C=O) groups excluding carboxylic acids is 2. The fourth-order valence-corrected chi connectivity index (χ4v) is 3.78. The number of carbonyl (C=O) groups is 2. The Balaban J connectivity index is 2.08. The van der Waals surface area contributed by atoms with E-state index < -0.39 is 6.04 Å². The number of thioether (sulfide) groups is 1. The third-order valence-corrected chi connectivity index (χ3v) is 6.05. The normalized spacial score (nSPS) is 12.8. The van der Waals surface area contributed by atoms with Crippen LogP contribution in [0.4, 0.5) is 4.39 Å². The van der Waals surface area contributed by atoms with Gasteiger partial charge in [-0.1, -0.05) is 55.0 Å².